The molecule has 1 saturated carbocycles. The van der Waals surface area contributed by atoms with E-state index in [1.807, 2.05) is 6.20 Å². The average molecular weight is 134 g/mol. The van der Waals surface area contributed by atoms with E-state index in [-0.39, 0.29) is 0 Å². The number of rotatable bonds is 0. The molecule has 2 unspecified atom stereocenters. The van der Waals surface area contributed by atoms with Crippen LogP contribution in [-0.4, -0.2) is 10.2 Å². The molecule has 2 aliphatic rings. The monoisotopic (exact) mass is 134 g/mol. The van der Waals surface area contributed by atoms with Crippen LogP contribution in [0.25, 0.3) is 0 Å². The largest absolute Gasteiger partial charge is 0.282 e. The van der Waals surface area contributed by atoms with Crippen LogP contribution in [0.15, 0.2) is 6.20 Å². The number of H-pyrrole nitrogens is 1. The van der Waals surface area contributed by atoms with Crippen LogP contribution in [0.4, 0.5) is 0 Å². The summed E-state index contributed by atoms with van der Waals surface area (Å²) in [6, 6.07) is 0. The van der Waals surface area contributed by atoms with Gasteiger partial charge in [-0.2, -0.15) is 5.10 Å². The van der Waals surface area contributed by atoms with Crippen molar-refractivity contribution in [3.8, 4) is 0 Å². The molecular formula is C8H10N2. The van der Waals surface area contributed by atoms with Gasteiger partial charge in [0.2, 0.25) is 0 Å². The van der Waals surface area contributed by atoms with Gasteiger partial charge in [-0.1, -0.05) is 0 Å². The Hall–Kier alpha value is -0.790. The molecule has 1 N–H and O–H groups in total. The lowest BCUT2D eigenvalue weighted by molar-refractivity contribution is 0.700. The summed E-state index contributed by atoms with van der Waals surface area (Å²) in [5.41, 5.74) is 2.95. The van der Waals surface area contributed by atoms with Crippen molar-refractivity contribution < 1.29 is 0 Å². The second-order valence-corrected chi connectivity index (χ2v) is 3.45. The van der Waals surface area contributed by atoms with Gasteiger partial charge < -0.3 is 0 Å². The molecule has 10 heavy (non-hydrogen) atoms. The van der Waals surface area contributed by atoms with Crippen LogP contribution in [0.1, 0.15) is 42.4 Å². The Morgan fingerprint density at radius 3 is 3.20 bits per heavy atom. The van der Waals surface area contributed by atoms with Crippen molar-refractivity contribution in [1.29, 1.82) is 0 Å². The minimum Gasteiger partial charge on any atom is -0.282 e. The number of hydrogen-bond acceptors (Lipinski definition) is 1. The quantitative estimate of drug-likeness (QED) is 0.575. The van der Waals surface area contributed by atoms with E-state index >= 15 is 0 Å². The first-order valence-corrected chi connectivity index (χ1v) is 3.98. The molecule has 0 saturated heterocycles. The maximum absolute atomic E-state index is 4.06. The summed E-state index contributed by atoms with van der Waals surface area (Å²) in [6.45, 7) is 0. The van der Waals surface area contributed by atoms with Crippen molar-refractivity contribution in [3.63, 3.8) is 0 Å². The first-order chi connectivity index (χ1) is 4.95. The number of aromatic nitrogens is 2. The Morgan fingerprint density at radius 2 is 2.30 bits per heavy atom. The normalized spacial score (nSPS) is 34.8. The summed E-state index contributed by atoms with van der Waals surface area (Å²) in [4.78, 5) is 0. The summed E-state index contributed by atoms with van der Waals surface area (Å²) in [6.07, 6.45) is 6.19. The highest BCUT2D eigenvalue weighted by Crippen LogP contribution is 2.51. The van der Waals surface area contributed by atoms with Crippen LogP contribution in [-0.2, 0) is 0 Å². The second-order valence-electron chi connectivity index (χ2n) is 3.45. The van der Waals surface area contributed by atoms with Crippen molar-refractivity contribution in [1.82, 2.24) is 10.2 Å². The summed E-state index contributed by atoms with van der Waals surface area (Å²) in [7, 11) is 0. The van der Waals surface area contributed by atoms with Gasteiger partial charge >= 0.3 is 0 Å². The SMILES string of the molecule is c1n[nH]c2c1C1CCC2C1. The van der Waals surface area contributed by atoms with E-state index < -0.39 is 0 Å². The zero-order valence-electron chi connectivity index (χ0n) is 5.80. The lowest BCUT2D eigenvalue weighted by Crippen LogP contribution is -1.94. The molecule has 2 atom stereocenters. The lowest BCUT2D eigenvalue weighted by Gasteiger charge is -2.07. The van der Waals surface area contributed by atoms with E-state index in [1.54, 1.807) is 0 Å². The average Bonchev–Trinajstić information content (AvgIpc) is 2.60. The van der Waals surface area contributed by atoms with Gasteiger partial charge in [0.05, 0.1) is 6.20 Å². The highest BCUT2D eigenvalue weighted by molar-refractivity contribution is 5.34. The maximum Gasteiger partial charge on any atom is 0.0525 e. The van der Waals surface area contributed by atoms with Gasteiger partial charge in [0.15, 0.2) is 0 Å². The van der Waals surface area contributed by atoms with Crippen LogP contribution in [0, 0.1) is 0 Å². The Kier molecular flexibility index (Phi) is 0.712. The fraction of sp³-hybridized carbons (Fsp3) is 0.625. The minimum absolute atomic E-state index is 0.836. The third-order valence-corrected chi connectivity index (χ3v) is 2.98. The third kappa shape index (κ3) is 0.405. The molecule has 0 aliphatic heterocycles. The second kappa shape index (κ2) is 1.44. The molecule has 3 rings (SSSR count). The smallest absolute Gasteiger partial charge is 0.0525 e. The van der Waals surface area contributed by atoms with E-state index in [2.05, 4.69) is 10.2 Å². The Morgan fingerprint density at radius 1 is 1.40 bits per heavy atom. The zero-order valence-corrected chi connectivity index (χ0v) is 5.80. The van der Waals surface area contributed by atoms with Crippen LogP contribution < -0.4 is 0 Å². The van der Waals surface area contributed by atoms with Crippen LogP contribution in [0.3, 0.4) is 0 Å². The Labute approximate surface area is 59.6 Å². The van der Waals surface area contributed by atoms with E-state index in [9.17, 15) is 0 Å². The highest BCUT2D eigenvalue weighted by atomic mass is 15.1. The molecule has 0 radical (unpaired) electrons. The fourth-order valence-corrected chi connectivity index (χ4v) is 2.48. The van der Waals surface area contributed by atoms with E-state index in [0.29, 0.717) is 0 Å². The van der Waals surface area contributed by atoms with Gasteiger partial charge in [-0.25, -0.2) is 0 Å². The summed E-state index contributed by atoms with van der Waals surface area (Å²) < 4.78 is 0. The molecule has 2 heteroatoms. The molecule has 52 valence electrons. The molecule has 2 aliphatic carbocycles. The van der Waals surface area contributed by atoms with Crippen LogP contribution in [0.2, 0.25) is 0 Å². The Bertz CT molecular complexity index is 239. The first-order valence-electron chi connectivity index (χ1n) is 3.98. The standard InChI is InChI=1S/C8H10N2/c1-2-6-3-5(1)7-4-9-10-8(6)7/h4-6H,1-3H2,(H,9,10). The molecule has 2 nitrogen and oxygen atoms in total. The number of aromatic amines is 1. The van der Waals surface area contributed by atoms with E-state index in [4.69, 9.17) is 0 Å². The predicted octanol–water partition coefficient (Wildman–Crippen LogP) is 1.77. The van der Waals surface area contributed by atoms with Crippen molar-refractivity contribution in [2.24, 2.45) is 0 Å². The summed E-state index contributed by atoms with van der Waals surface area (Å²) in [5.74, 6) is 1.70. The van der Waals surface area contributed by atoms with Gasteiger partial charge in [-0.05, 0) is 30.7 Å². The Balaban J connectivity index is 2.25. The van der Waals surface area contributed by atoms with Gasteiger partial charge in [0, 0.05) is 11.6 Å². The van der Waals surface area contributed by atoms with Gasteiger partial charge in [0.1, 0.15) is 0 Å². The van der Waals surface area contributed by atoms with Crippen molar-refractivity contribution in [2.75, 3.05) is 0 Å². The first kappa shape index (κ1) is 4.94. The molecule has 1 fully saturated rings. The summed E-state index contributed by atoms with van der Waals surface area (Å²) in [5, 5.41) is 7.16. The topological polar surface area (TPSA) is 28.7 Å². The molecular weight excluding hydrogens is 124 g/mol. The molecule has 0 aromatic carbocycles. The minimum atomic E-state index is 0.836. The van der Waals surface area contributed by atoms with Crippen LogP contribution >= 0.6 is 0 Å². The number of nitrogens with one attached hydrogen (secondary N) is 1. The molecule has 2 bridgehead atoms. The molecule has 0 amide bonds. The van der Waals surface area contributed by atoms with Crippen molar-refractivity contribution >= 4 is 0 Å². The number of hydrogen-bond donors (Lipinski definition) is 1. The molecule has 1 aromatic rings. The van der Waals surface area contributed by atoms with Crippen LogP contribution in [0.5, 0.6) is 0 Å². The van der Waals surface area contributed by atoms with Gasteiger partial charge in [-0.3, -0.25) is 5.10 Å². The molecule has 1 aromatic heterocycles. The van der Waals surface area contributed by atoms with Gasteiger partial charge in [0.25, 0.3) is 0 Å². The van der Waals surface area contributed by atoms with E-state index in [0.717, 1.165) is 11.8 Å². The number of fused-ring (bicyclic) bond motifs is 5. The maximum atomic E-state index is 4.06. The van der Waals surface area contributed by atoms with E-state index in [1.165, 1.54) is 30.5 Å². The van der Waals surface area contributed by atoms with Gasteiger partial charge in [-0.15, -0.1) is 0 Å². The highest BCUT2D eigenvalue weighted by Gasteiger charge is 2.38. The fourth-order valence-electron chi connectivity index (χ4n) is 2.48. The molecule has 1 heterocycles. The van der Waals surface area contributed by atoms with Crippen molar-refractivity contribution in [3.05, 3.63) is 17.5 Å². The third-order valence-electron chi connectivity index (χ3n) is 2.98. The molecule has 0 spiro atoms. The zero-order chi connectivity index (χ0) is 6.55. The summed E-state index contributed by atoms with van der Waals surface area (Å²) >= 11 is 0. The van der Waals surface area contributed by atoms with Crippen molar-refractivity contribution in [2.45, 2.75) is 31.1 Å². The number of nitrogens with zero attached hydrogens (tertiary/aromatic N) is 1. The predicted molar refractivity (Wildman–Crippen MR) is 37.9 cm³/mol. The lowest BCUT2D eigenvalue weighted by atomic mass is 9.99.